The highest BCUT2D eigenvalue weighted by atomic mass is 16.3. The molecule has 1 heterocycles. The van der Waals surface area contributed by atoms with Crippen LogP contribution in [0.25, 0.3) is 0 Å². The molecule has 1 aliphatic heterocycles. The van der Waals surface area contributed by atoms with Gasteiger partial charge in [0, 0.05) is 11.1 Å². The minimum atomic E-state index is -0.209. The van der Waals surface area contributed by atoms with Crippen LogP contribution in [-0.2, 0) is 6.61 Å². The molecule has 5 heteroatoms. The third-order valence-electron chi connectivity index (χ3n) is 4.82. The van der Waals surface area contributed by atoms with Gasteiger partial charge in [-0.1, -0.05) is 66.7 Å². The molecule has 1 aliphatic rings. The Morgan fingerprint density at radius 2 is 1.61 bits per heavy atom. The minimum Gasteiger partial charge on any atom is -0.392 e. The van der Waals surface area contributed by atoms with Crippen molar-refractivity contribution in [2.45, 2.75) is 12.6 Å². The maximum Gasteiger partial charge on any atom is 0.257 e. The van der Waals surface area contributed by atoms with Gasteiger partial charge in [0.25, 0.3) is 5.91 Å². The highest BCUT2D eigenvalue weighted by Gasteiger charge is 2.32. The van der Waals surface area contributed by atoms with Gasteiger partial charge in [-0.25, -0.2) is 4.99 Å². The molecule has 0 spiro atoms. The third-order valence-corrected chi connectivity index (χ3v) is 4.82. The summed E-state index contributed by atoms with van der Waals surface area (Å²) in [5, 5.41) is 12.8. The Kier molecular flexibility index (Phi) is 5.17. The van der Waals surface area contributed by atoms with E-state index in [9.17, 15) is 9.90 Å². The summed E-state index contributed by atoms with van der Waals surface area (Å²) in [5.41, 5.74) is 3.29. The molecule has 28 heavy (non-hydrogen) atoms. The van der Waals surface area contributed by atoms with Gasteiger partial charge in [-0.2, -0.15) is 0 Å². The first-order valence-electron chi connectivity index (χ1n) is 9.21. The van der Waals surface area contributed by atoms with Gasteiger partial charge in [0.05, 0.1) is 24.9 Å². The number of hydrogen-bond donors (Lipinski definition) is 2. The zero-order valence-corrected chi connectivity index (χ0v) is 15.3. The summed E-state index contributed by atoms with van der Waals surface area (Å²) in [6.45, 7) is 0.433. The van der Waals surface area contributed by atoms with Crippen LogP contribution in [0, 0.1) is 0 Å². The molecule has 3 aromatic rings. The van der Waals surface area contributed by atoms with E-state index in [2.05, 4.69) is 22.4 Å². The van der Waals surface area contributed by atoms with Crippen molar-refractivity contribution < 1.29 is 9.90 Å². The topological polar surface area (TPSA) is 64.9 Å². The van der Waals surface area contributed by atoms with Crippen LogP contribution in [0.15, 0.2) is 89.9 Å². The number of guanidine groups is 1. The molecule has 0 bridgehead atoms. The SMILES string of the molecule is O=C(NC1=NCC(c2ccccc2)N1c1ccccc1CO)c1ccccc1. The van der Waals surface area contributed by atoms with Crippen LogP contribution in [0.2, 0.25) is 0 Å². The maximum atomic E-state index is 12.7. The van der Waals surface area contributed by atoms with Crippen LogP contribution in [0.3, 0.4) is 0 Å². The second kappa shape index (κ2) is 8.06. The molecule has 0 saturated heterocycles. The van der Waals surface area contributed by atoms with E-state index in [0.717, 1.165) is 16.8 Å². The van der Waals surface area contributed by atoms with E-state index in [0.29, 0.717) is 18.1 Å². The molecule has 0 fully saturated rings. The Labute approximate surface area is 164 Å². The number of amides is 1. The van der Waals surface area contributed by atoms with E-state index in [-0.39, 0.29) is 18.6 Å². The summed E-state index contributed by atoms with van der Waals surface area (Å²) in [4.78, 5) is 19.3. The highest BCUT2D eigenvalue weighted by Crippen LogP contribution is 2.33. The predicted molar refractivity (Wildman–Crippen MR) is 110 cm³/mol. The summed E-state index contributed by atoms with van der Waals surface area (Å²) in [7, 11) is 0. The van der Waals surface area contributed by atoms with Crippen molar-refractivity contribution in [2.24, 2.45) is 4.99 Å². The van der Waals surface area contributed by atoms with E-state index >= 15 is 0 Å². The maximum absolute atomic E-state index is 12.7. The number of carbonyl (C=O) groups is 1. The number of nitrogens with zero attached hydrogens (tertiary/aromatic N) is 2. The van der Waals surface area contributed by atoms with Gasteiger partial charge in [-0.05, 0) is 23.8 Å². The lowest BCUT2D eigenvalue weighted by Gasteiger charge is -2.30. The van der Waals surface area contributed by atoms with Crippen LogP contribution in [0.1, 0.15) is 27.5 Å². The fourth-order valence-electron chi connectivity index (χ4n) is 3.43. The Morgan fingerprint density at radius 3 is 2.32 bits per heavy atom. The molecule has 2 N–H and O–H groups in total. The fraction of sp³-hybridized carbons (Fsp3) is 0.130. The summed E-state index contributed by atoms with van der Waals surface area (Å²) in [5.74, 6) is 0.281. The van der Waals surface area contributed by atoms with Gasteiger partial charge in [0.15, 0.2) is 0 Å². The van der Waals surface area contributed by atoms with Crippen LogP contribution in [-0.4, -0.2) is 23.5 Å². The molecule has 0 saturated carbocycles. The smallest absolute Gasteiger partial charge is 0.257 e. The van der Waals surface area contributed by atoms with Crippen molar-refractivity contribution >= 4 is 17.6 Å². The van der Waals surface area contributed by atoms with Crippen molar-refractivity contribution in [1.29, 1.82) is 0 Å². The lowest BCUT2D eigenvalue weighted by atomic mass is 10.0. The Bertz CT molecular complexity index is 987. The van der Waals surface area contributed by atoms with Gasteiger partial charge < -0.3 is 10.0 Å². The number of para-hydroxylation sites is 1. The molecule has 0 aliphatic carbocycles. The van der Waals surface area contributed by atoms with Crippen molar-refractivity contribution in [3.63, 3.8) is 0 Å². The second-order valence-corrected chi connectivity index (χ2v) is 6.57. The van der Waals surface area contributed by atoms with Crippen LogP contribution >= 0.6 is 0 Å². The highest BCUT2D eigenvalue weighted by molar-refractivity contribution is 6.12. The van der Waals surface area contributed by atoms with Crippen molar-refractivity contribution in [2.75, 3.05) is 11.4 Å². The van der Waals surface area contributed by atoms with Crippen molar-refractivity contribution in [3.8, 4) is 0 Å². The standard InChI is InChI=1S/C23H21N3O2/c27-16-19-13-7-8-14-20(19)26-21(17-9-3-1-4-10-17)15-24-23(26)25-22(28)18-11-5-2-6-12-18/h1-14,21,27H,15-16H2,(H,24,25,28). The first kappa shape index (κ1) is 17.9. The number of carbonyl (C=O) groups excluding carboxylic acids is 1. The van der Waals surface area contributed by atoms with Crippen LogP contribution in [0.5, 0.6) is 0 Å². The summed E-state index contributed by atoms with van der Waals surface area (Å²) < 4.78 is 0. The Morgan fingerprint density at radius 1 is 0.964 bits per heavy atom. The molecule has 0 radical (unpaired) electrons. The molecule has 0 aromatic heterocycles. The summed E-state index contributed by atoms with van der Waals surface area (Å²) >= 11 is 0. The molecular weight excluding hydrogens is 350 g/mol. The first-order chi connectivity index (χ1) is 13.8. The molecule has 5 nitrogen and oxygen atoms in total. The molecular formula is C23H21N3O2. The first-order valence-corrected chi connectivity index (χ1v) is 9.21. The van der Waals surface area contributed by atoms with Gasteiger partial charge in [-0.3, -0.25) is 10.1 Å². The number of nitrogens with one attached hydrogen (secondary N) is 1. The lowest BCUT2D eigenvalue weighted by Crippen LogP contribution is -2.43. The number of hydrogen-bond acceptors (Lipinski definition) is 4. The van der Waals surface area contributed by atoms with Gasteiger partial charge in [0.2, 0.25) is 5.96 Å². The normalized spacial score (nSPS) is 16.0. The van der Waals surface area contributed by atoms with E-state index in [4.69, 9.17) is 0 Å². The number of aliphatic imine (C=N–C) groups is 1. The quantitative estimate of drug-likeness (QED) is 0.737. The molecule has 140 valence electrons. The molecule has 4 rings (SSSR count). The van der Waals surface area contributed by atoms with E-state index in [1.165, 1.54) is 0 Å². The molecule has 1 atom stereocenters. The molecule has 1 unspecified atom stereocenters. The Balaban J connectivity index is 1.70. The average Bonchev–Trinajstić information content (AvgIpc) is 3.18. The van der Waals surface area contributed by atoms with Crippen LogP contribution in [0.4, 0.5) is 5.69 Å². The predicted octanol–water partition coefficient (Wildman–Crippen LogP) is 3.53. The monoisotopic (exact) mass is 371 g/mol. The van der Waals surface area contributed by atoms with E-state index in [1.54, 1.807) is 12.1 Å². The largest absolute Gasteiger partial charge is 0.392 e. The van der Waals surface area contributed by atoms with Gasteiger partial charge in [0.1, 0.15) is 0 Å². The lowest BCUT2D eigenvalue weighted by molar-refractivity contribution is 0.0976. The minimum absolute atomic E-state index is 0.0556. The number of rotatable bonds is 4. The zero-order valence-electron chi connectivity index (χ0n) is 15.3. The van der Waals surface area contributed by atoms with Crippen molar-refractivity contribution in [3.05, 3.63) is 102 Å². The average molecular weight is 371 g/mol. The third kappa shape index (κ3) is 3.52. The second-order valence-electron chi connectivity index (χ2n) is 6.57. The number of anilines is 1. The van der Waals surface area contributed by atoms with Crippen molar-refractivity contribution in [1.82, 2.24) is 5.32 Å². The molecule has 1 amide bonds. The van der Waals surface area contributed by atoms with Crippen LogP contribution < -0.4 is 10.2 Å². The van der Waals surface area contributed by atoms with E-state index in [1.807, 2.05) is 65.6 Å². The fourth-order valence-corrected chi connectivity index (χ4v) is 3.43. The summed E-state index contributed by atoms with van der Waals surface area (Å²) in [6.07, 6.45) is 0. The van der Waals surface area contributed by atoms with Gasteiger partial charge in [-0.15, -0.1) is 0 Å². The number of aliphatic hydroxyl groups excluding tert-OH is 1. The number of aliphatic hydroxyl groups is 1. The molecule has 3 aromatic carbocycles. The van der Waals surface area contributed by atoms with E-state index < -0.39 is 0 Å². The number of benzene rings is 3. The van der Waals surface area contributed by atoms with Gasteiger partial charge >= 0.3 is 0 Å². The zero-order chi connectivity index (χ0) is 19.3. The summed E-state index contributed by atoms with van der Waals surface area (Å²) in [6, 6.07) is 26.7. The Hall–Kier alpha value is -3.44.